The van der Waals surface area contributed by atoms with Gasteiger partial charge >= 0.3 is 115 Å². The van der Waals surface area contributed by atoms with Crippen LogP contribution in [0, 0.1) is 0 Å². The molecule has 0 amide bonds. The molecule has 0 aliphatic carbocycles. The van der Waals surface area contributed by atoms with Crippen molar-refractivity contribution in [2.24, 2.45) is 0 Å². The van der Waals surface area contributed by atoms with Crippen molar-refractivity contribution in [1.82, 2.24) is 0 Å². The van der Waals surface area contributed by atoms with Crippen LogP contribution in [-0.4, -0.2) is 29.9 Å². The van der Waals surface area contributed by atoms with Gasteiger partial charge in [-0.05, 0) is 0 Å². The van der Waals surface area contributed by atoms with Gasteiger partial charge in [0.15, 0.2) is 0 Å². The molecule has 0 saturated carbocycles. The molecule has 2 bridgehead atoms. The van der Waals surface area contributed by atoms with Crippen molar-refractivity contribution in [3.05, 3.63) is 59.0 Å². The second-order valence-corrected chi connectivity index (χ2v) is 8.26. The van der Waals surface area contributed by atoms with Gasteiger partial charge in [-0.2, -0.15) is 0 Å². The monoisotopic (exact) mass is 358 g/mol. The molecule has 88 valence electrons. The summed E-state index contributed by atoms with van der Waals surface area (Å²) in [6.07, 6.45) is 0. The van der Waals surface area contributed by atoms with E-state index in [1.54, 1.807) is 11.1 Å². The van der Waals surface area contributed by atoms with Gasteiger partial charge < -0.3 is 0 Å². The Hall–Kier alpha value is -0.461. The number of benzene rings is 1. The quantitative estimate of drug-likeness (QED) is 0.661. The van der Waals surface area contributed by atoms with E-state index in [0.29, 0.717) is 29.9 Å². The Morgan fingerprint density at radius 2 is 1.24 bits per heavy atom. The zero-order valence-electron chi connectivity index (χ0n) is 9.52. The summed E-state index contributed by atoms with van der Waals surface area (Å²) in [5, 5.41) is 4.76. The van der Waals surface area contributed by atoms with Crippen LogP contribution in [-0.2, 0) is 21.3 Å². The molecule has 0 radical (unpaired) electrons. The van der Waals surface area contributed by atoms with Crippen LogP contribution in [0.5, 0.6) is 0 Å². The Morgan fingerprint density at radius 3 is 1.76 bits per heavy atom. The van der Waals surface area contributed by atoms with Gasteiger partial charge in [0.05, 0.1) is 0 Å². The fourth-order valence-corrected chi connectivity index (χ4v) is 5.97. The minimum absolute atomic E-state index is 0.628. The molecule has 0 spiro atoms. The summed E-state index contributed by atoms with van der Waals surface area (Å²) in [4.78, 5) is 0. The van der Waals surface area contributed by atoms with E-state index in [-0.39, 0.29) is 0 Å². The van der Waals surface area contributed by atoms with E-state index < -0.39 is 0 Å². The van der Waals surface area contributed by atoms with Crippen LogP contribution in [0.25, 0.3) is 0 Å². The van der Waals surface area contributed by atoms with E-state index >= 15 is 0 Å². The number of furan rings is 1. The molecule has 1 aromatic carbocycles. The number of rotatable bonds is 0. The first-order valence-electron chi connectivity index (χ1n) is 5.72. The van der Waals surface area contributed by atoms with Gasteiger partial charge in [-0.25, -0.2) is 0 Å². The summed E-state index contributed by atoms with van der Waals surface area (Å²) in [5.74, 6) is 2.38. The molecule has 0 saturated heterocycles. The van der Waals surface area contributed by atoms with Crippen molar-refractivity contribution >= 4 is 29.9 Å². The Balaban J connectivity index is 1.84. The van der Waals surface area contributed by atoms with Crippen LogP contribution in [0.1, 0.15) is 22.6 Å². The predicted octanol–water partition coefficient (Wildman–Crippen LogP) is 2.40. The van der Waals surface area contributed by atoms with Crippen molar-refractivity contribution in [2.75, 3.05) is 0 Å². The first-order chi connectivity index (χ1) is 8.42. The second-order valence-electron chi connectivity index (χ2n) is 4.12. The molecule has 1 aliphatic heterocycles. The molecule has 0 N–H and O–H groups in total. The topological polar surface area (TPSA) is 13.1 Å². The van der Waals surface area contributed by atoms with E-state index in [1.807, 2.05) is 0 Å². The summed E-state index contributed by atoms with van der Waals surface area (Å²) in [6.45, 7) is 0. The zero-order valence-corrected chi connectivity index (χ0v) is 12.9. The van der Waals surface area contributed by atoms with Crippen LogP contribution < -0.4 is 0 Å². The third-order valence-corrected chi connectivity index (χ3v) is 7.05. The molecule has 1 aromatic heterocycles. The molecule has 1 aliphatic rings. The third-order valence-electron chi connectivity index (χ3n) is 2.84. The SMILES string of the molecule is c1ccc2c(c1)C[Se]Cc1ccc(o1)C[Se]C2. The molecule has 17 heavy (non-hydrogen) atoms. The average Bonchev–Trinajstić information content (AvgIpc) is 2.77. The summed E-state index contributed by atoms with van der Waals surface area (Å²) in [7, 11) is 0. The molecule has 2 heterocycles. The fraction of sp³-hybridized carbons (Fsp3) is 0.286. The van der Waals surface area contributed by atoms with Gasteiger partial charge in [0.2, 0.25) is 0 Å². The second kappa shape index (κ2) is 5.45. The number of hydrogen-bond donors (Lipinski definition) is 0. The van der Waals surface area contributed by atoms with E-state index in [1.165, 1.54) is 22.2 Å². The zero-order chi connectivity index (χ0) is 11.5. The van der Waals surface area contributed by atoms with Crippen LogP contribution in [0.2, 0.25) is 0 Å². The van der Waals surface area contributed by atoms with Crippen molar-refractivity contribution < 1.29 is 4.42 Å². The van der Waals surface area contributed by atoms with Crippen molar-refractivity contribution in [3.63, 3.8) is 0 Å². The van der Waals surface area contributed by atoms with Gasteiger partial charge in [-0.3, -0.25) is 0 Å². The van der Waals surface area contributed by atoms with Gasteiger partial charge in [-0.15, -0.1) is 0 Å². The maximum absolute atomic E-state index is 5.85. The van der Waals surface area contributed by atoms with E-state index in [0.717, 1.165) is 10.6 Å². The molecular weight excluding hydrogens is 342 g/mol. The molecule has 0 atom stereocenters. The van der Waals surface area contributed by atoms with E-state index in [2.05, 4.69) is 36.4 Å². The Kier molecular flexibility index (Phi) is 3.73. The van der Waals surface area contributed by atoms with Crippen LogP contribution in [0.3, 0.4) is 0 Å². The normalized spacial score (nSPS) is 16.0. The van der Waals surface area contributed by atoms with Crippen LogP contribution >= 0.6 is 0 Å². The first-order valence-corrected chi connectivity index (χ1v) is 10.6. The number of fused-ring (bicyclic) bond motifs is 3. The van der Waals surface area contributed by atoms with Crippen molar-refractivity contribution in [1.29, 1.82) is 0 Å². The first kappa shape index (κ1) is 11.6. The minimum atomic E-state index is 0.628. The fourth-order valence-electron chi connectivity index (χ4n) is 1.94. The summed E-state index contributed by atoms with van der Waals surface area (Å²) >= 11 is 1.26. The molecule has 2 aromatic rings. The maximum atomic E-state index is 5.85. The standard InChI is InChI=1S/C14H14OSe2/c1-2-4-12-8-17-10-14-6-5-13(15-14)9-16-7-11(12)3-1/h1-6H,7-10H2. The Bertz CT molecular complexity index is 461. The van der Waals surface area contributed by atoms with E-state index in [4.69, 9.17) is 4.42 Å². The molecule has 1 nitrogen and oxygen atoms in total. The van der Waals surface area contributed by atoms with Crippen LogP contribution in [0.15, 0.2) is 40.8 Å². The third kappa shape index (κ3) is 2.86. The summed E-state index contributed by atoms with van der Waals surface area (Å²) in [5.41, 5.74) is 3.14. The van der Waals surface area contributed by atoms with Gasteiger partial charge in [-0.1, -0.05) is 0 Å². The van der Waals surface area contributed by atoms with Crippen LogP contribution in [0.4, 0.5) is 0 Å². The average molecular weight is 356 g/mol. The van der Waals surface area contributed by atoms with Gasteiger partial charge in [0.1, 0.15) is 0 Å². The van der Waals surface area contributed by atoms with Gasteiger partial charge in [0.25, 0.3) is 0 Å². The molecular formula is C14H14OSe2. The Labute approximate surface area is 114 Å². The Morgan fingerprint density at radius 1 is 0.706 bits per heavy atom. The van der Waals surface area contributed by atoms with Crippen molar-refractivity contribution in [2.45, 2.75) is 21.3 Å². The predicted molar refractivity (Wildman–Crippen MR) is 71.5 cm³/mol. The molecule has 3 rings (SSSR count). The molecule has 0 unspecified atom stereocenters. The van der Waals surface area contributed by atoms with Gasteiger partial charge in [0, 0.05) is 0 Å². The summed E-state index contributed by atoms with van der Waals surface area (Å²) in [6, 6.07) is 13.3. The van der Waals surface area contributed by atoms with E-state index in [9.17, 15) is 0 Å². The van der Waals surface area contributed by atoms with Crippen molar-refractivity contribution in [3.8, 4) is 0 Å². The molecule has 0 fully saturated rings. The summed E-state index contributed by atoms with van der Waals surface area (Å²) < 4.78 is 5.85. The molecule has 3 heteroatoms. The number of hydrogen-bond acceptors (Lipinski definition) is 1.